The number of ether oxygens (including phenoxy) is 1. The van der Waals surface area contributed by atoms with Gasteiger partial charge in [0.2, 0.25) is 17.2 Å². The molecule has 4 atom stereocenters. The highest BCUT2D eigenvalue weighted by molar-refractivity contribution is 7.77. The van der Waals surface area contributed by atoms with E-state index in [9.17, 15) is 27.0 Å². The molecule has 2 unspecified atom stereocenters. The molecule has 1 aliphatic rings. The SMILES string of the molecule is COC(=O)N[C@@H](Cc1ccccc1)C(=O)N[C@@H](CC1=CCC(NS(=O)O)C=C1)c1nc(CCC(F)(F)F)cs1. The normalized spacial score (nSPS) is 17.6. The van der Waals surface area contributed by atoms with Crippen molar-refractivity contribution in [3.63, 3.8) is 0 Å². The van der Waals surface area contributed by atoms with Crippen LogP contribution in [0.3, 0.4) is 0 Å². The molecule has 0 fully saturated rings. The molecule has 3 rings (SSSR count). The Labute approximate surface area is 230 Å². The number of hydrogen-bond acceptors (Lipinski definition) is 6. The molecule has 1 aromatic carbocycles. The molecule has 1 heterocycles. The third kappa shape index (κ3) is 10.5. The number of allylic oxidation sites excluding steroid dienone is 1. The van der Waals surface area contributed by atoms with Crippen molar-refractivity contribution in [3.05, 3.63) is 75.8 Å². The van der Waals surface area contributed by atoms with E-state index in [1.165, 1.54) is 12.5 Å². The summed E-state index contributed by atoms with van der Waals surface area (Å²) in [4.78, 5) is 29.7. The summed E-state index contributed by atoms with van der Waals surface area (Å²) in [5, 5.41) is 7.39. The molecule has 0 bridgehead atoms. The fourth-order valence-corrected chi connectivity index (χ4v) is 5.21. The molecule has 0 saturated heterocycles. The number of alkyl halides is 3. The number of carbonyl (C=O) groups excluding carboxylic acids is 2. The maximum atomic E-state index is 13.4. The monoisotopic (exact) mass is 586 g/mol. The number of benzene rings is 1. The van der Waals surface area contributed by atoms with Crippen molar-refractivity contribution in [2.75, 3.05) is 7.11 Å². The number of halogens is 3. The summed E-state index contributed by atoms with van der Waals surface area (Å²) < 4.78 is 65.4. The fourth-order valence-electron chi connectivity index (χ4n) is 3.87. The van der Waals surface area contributed by atoms with Gasteiger partial charge in [0.25, 0.3) is 0 Å². The highest BCUT2D eigenvalue weighted by atomic mass is 32.2. The zero-order chi connectivity index (χ0) is 28.4. The predicted molar refractivity (Wildman–Crippen MR) is 141 cm³/mol. The van der Waals surface area contributed by atoms with E-state index in [4.69, 9.17) is 4.55 Å². The van der Waals surface area contributed by atoms with Crippen molar-refractivity contribution >= 4 is 34.6 Å². The zero-order valence-corrected chi connectivity index (χ0v) is 22.6. The fraction of sp³-hybridized carbons (Fsp3) is 0.400. The van der Waals surface area contributed by atoms with Crippen molar-refractivity contribution in [2.45, 2.75) is 56.4 Å². The number of hydrogen-bond donors (Lipinski definition) is 4. The number of aryl methyl sites for hydroxylation is 1. The Morgan fingerprint density at radius 2 is 1.97 bits per heavy atom. The highest BCUT2D eigenvalue weighted by Gasteiger charge is 2.29. The van der Waals surface area contributed by atoms with Crippen molar-refractivity contribution in [3.8, 4) is 0 Å². The summed E-state index contributed by atoms with van der Waals surface area (Å²) in [5.41, 5.74) is 1.87. The first-order valence-electron chi connectivity index (χ1n) is 12.0. The van der Waals surface area contributed by atoms with Gasteiger partial charge in [-0.2, -0.15) is 13.2 Å². The number of carbonyl (C=O) groups is 2. The smallest absolute Gasteiger partial charge is 0.407 e. The average molecular weight is 587 g/mol. The van der Waals surface area contributed by atoms with Gasteiger partial charge in [-0.3, -0.25) is 9.35 Å². The van der Waals surface area contributed by atoms with E-state index in [1.54, 1.807) is 24.3 Å². The second-order valence-electron chi connectivity index (χ2n) is 8.78. The minimum absolute atomic E-state index is 0.178. The van der Waals surface area contributed by atoms with Crippen LogP contribution in [0.2, 0.25) is 0 Å². The van der Waals surface area contributed by atoms with Crippen LogP contribution < -0.4 is 15.4 Å². The first-order chi connectivity index (χ1) is 18.5. The molecular formula is C25H29F3N4O5S2. The molecule has 14 heteroatoms. The topological polar surface area (TPSA) is 130 Å². The first kappa shape index (κ1) is 30.5. The Morgan fingerprint density at radius 3 is 2.59 bits per heavy atom. The van der Waals surface area contributed by atoms with Crippen LogP contribution in [0.5, 0.6) is 0 Å². The van der Waals surface area contributed by atoms with Gasteiger partial charge in [-0.15, -0.1) is 11.3 Å². The maximum absolute atomic E-state index is 13.4. The lowest BCUT2D eigenvalue weighted by Crippen LogP contribution is -2.49. The molecule has 2 aromatic rings. The van der Waals surface area contributed by atoms with Crippen molar-refractivity contribution in [1.29, 1.82) is 0 Å². The molecular weight excluding hydrogens is 557 g/mol. The molecule has 0 radical (unpaired) electrons. The van der Waals surface area contributed by atoms with E-state index in [0.29, 0.717) is 11.4 Å². The maximum Gasteiger partial charge on any atom is 0.407 e. The van der Waals surface area contributed by atoms with Gasteiger partial charge in [0, 0.05) is 24.3 Å². The number of rotatable bonds is 12. The molecule has 0 saturated carbocycles. The molecule has 39 heavy (non-hydrogen) atoms. The van der Waals surface area contributed by atoms with Gasteiger partial charge >= 0.3 is 12.3 Å². The number of aromatic nitrogens is 1. The van der Waals surface area contributed by atoms with E-state index in [-0.39, 0.29) is 31.0 Å². The zero-order valence-electron chi connectivity index (χ0n) is 20.9. The molecule has 0 aliphatic heterocycles. The third-order valence-corrected chi connectivity index (χ3v) is 7.31. The number of methoxy groups -OCH3 is 1. The molecule has 1 aliphatic carbocycles. The summed E-state index contributed by atoms with van der Waals surface area (Å²) in [5.74, 6) is -0.517. The van der Waals surface area contributed by atoms with E-state index in [0.717, 1.165) is 22.5 Å². The molecule has 9 nitrogen and oxygen atoms in total. The van der Waals surface area contributed by atoms with Crippen LogP contribution in [-0.4, -0.2) is 51.1 Å². The van der Waals surface area contributed by atoms with Gasteiger partial charge in [0.05, 0.1) is 18.8 Å². The van der Waals surface area contributed by atoms with Gasteiger partial charge in [-0.25, -0.2) is 18.7 Å². The Hall–Kier alpha value is -3.07. The first-order valence-corrected chi connectivity index (χ1v) is 13.9. The van der Waals surface area contributed by atoms with Crippen molar-refractivity contribution in [2.24, 2.45) is 0 Å². The Morgan fingerprint density at radius 1 is 1.23 bits per heavy atom. The third-order valence-electron chi connectivity index (χ3n) is 5.79. The largest absolute Gasteiger partial charge is 0.453 e. The van der Waals surface area contributed by atoms with Crippen LogP contribution in [0.25, 0.3) is 0 Å². The van der Waals surface area contributed by atoms with Crippen LogP contribution in [0.1, 0.15) is 41.6 Å². The van der Waals surface area contributed by atoms with Crippen LogP contribution >= 0.6 is 11.3 Å². The van der Waals surface area contributed by atoms with Crippen LogP contribution in [0.15, 0.2) is 59.5 Å². The van der Waals surface area contributed by atoms with Gasteiger partial charge in [-0.1, -0.05) is 48.6 Å². The van der Waals surface area contributed by atoms with Gasteiger partial charge < -0.3 is 15.4 Å². The highest BCUT2D eigenvalue weighted by Crippen LogP contribution is 2.29. The van der Waals surface area contributed by atoms with Gasteiger partial charge in [-0.05, 0) is 30.4 Å². The van der Waals surface area contributed by atoms with E-state index in [1.807, 2.05) is 24.3 Å². The number of nitrogens with one attached hydrogen (secondary N) is 3. The minimum atomic E-state index is -4.32. The lowest BCUT2D eigenvalue weighted by molar-refractivity contribution is -0.134. The second kappa shape index (κ2) is 14.4. The Kier molecular flexibility index (Phi) is 11.2. The number of alkyl carbamates (subject to hydrolysis) is 1. The van der Waals surface area contributed by atoms with Crippen molar-refractivity contribution in [1.82, 2.24) is 20.3 Å². The number of amides is 2. The Bertz CT molecular complexity index is 1200. The standard InChI is InChI=1S/C25H29F3N4O5S2/c1-37-24(34)31-20(13-16-5-3-2-4-6-16)22(33)30-21(14-17-7-9-18(10-8-17)32-39(35)36)23-29-19(15-38-23)11-12-25(26,27)28/h2-9,15,18,20-21,32H,10-14H2,1H3,(H,30,33)(H,31,34)(H,35,36)/t18?,20-,21-/m0/s1. The summed E-state index contributed by atoms with van der Waals surface area (Å²) in [6, 6.07) is 7.02. The number of thiazole rings is 1. The molecule has 212 valence electrons. The molecule has 1 aromatic heterocycles. The summed E-state index contributed by atoms with van der Waals surface area (Å²) in [6.45, 7) is 0. The summed E-state index contributed by atoms with van der Waals surface area (Å²) in [7, 11) is 1.18. The quantitative estimate of drug-likeness (QED) is 0.277. The molecule has 2 amide bonds. The average Bonchev–Trinajstić information content (AvgIpc) is 3.37. The number of nitrogens with zero attached hydrogens (tertiary/aromatic N) is 1. The van der Waals surface area contributed by atoms with Crippen LogP contribution in [-0.2, 0) is 33.6 Å². The lowest BCUT2D eigenvalue weighted by atomic mass is 9.97. The van der Waals surface area contributed by atoms with E-state index < -0.39 is 47.9 Å². The van der Waals surface area contributed by atoms with Crippen LogP contribution in [0, 0.1) is 0 Å². The second-order valence-corrected chi connectivity index (χ2v) is 10.4. The van der Waals surface area contributed by atoms with E-state index in [2.05, 4.69) is 25.1 Å². The molecule has 0 spiro atoms. The van der Waals surface area contributed by atoms with Crippen molar-refractivity contribution < 1.29 is 36.3 Å². The van der Waals surface area contributed by atoms with Gasteiger partial charge in [0.1, 0.15) is 11.0 Å². The van der Waals surface area contributed by atoms with Crippen LogP contribution in [0.4, 0.5) is 18.0 Å². The summed E-state index contributed by atoms with van der Waals surface area (Å²) >= 11 is -1.04. The Balaban J connectivity index is 1.80. The lowest BCUT2D eigenvalue weighted by Gasteiger charge is -2.24. The van der Waals surface area contributed by atoms with E-state index >= 15 is 0 Å². The minimum Gasteiger partial charge on any atom is -0.453 e. The van der Waals surface area contributed by atoms with Gasteiger partial charge in [0.15, 0.2) is 0 Å². The predicted octanol–water partition coefficient (Wildman–Crippen LogP) is 4.13. The summed E-state index contributed by atoms with van der Waals surface area (Å²) in [6.07, 6.45) is -0.220. The molecule has 4 N–H and O–H groups in total.